The van der Waals surface area contributed by atoms with Gasteiger partial charge in [-0.05, 0) is 18.6 Å². The molecular weight excluding hydrogens is 234 g/mol. The minimum atomic E-state index is -1.63. The summed E-state index contributed by atoms with van der Waals surface area (Å²) in [6, 6.07) is 1.55. The quantitative estimate of drug-likeness (QED) is 0.603. The highest BCUT2D eigenvalue weighted by atomic mass is 35.5. The molecule has 0 aromatic carbocycles. The molecule has 0 fully saturated rings. The van der Waals surface area contributed by atoms with Gasteiger partial charge in [-0.25, -0.2) is 9.78 Å². The minimum absolute atomic E-state index is 0.305. The Morgan fingerprint density at radius 1 is 1.56 bits per heavy atom. The number of aliphatic hydroxyl groups is 2. The Labute approximate surface area is 97.6 Å². The smallest absolute Gasteiger partial charge is 0.337 e. The fraction of sp³-hybridized carbons (Fsp3) is 0.400. The number of carbonyl (C=O) groups excluding carboxylic acids is 1. The van der Waals surface area contributed by atoms with Gasteiger partial charge in [0.15, 0.2) is 6.10 Å². The van der Waals surface area contributed by atoms with Crippen LogP contribution < -0.4 is 0 Å². The van der Waals surface area contributed by atoms with Gasteiger partial charge >= 0.3 is 5.97 Å². The molecule has 0 amide bonds. The molecule has 1 aromatic heterocycles. The second-order valence-corrected chi connectivity index (χ2v) is 3.65. The standard InChI is InChI=1S/C10H12ClNO4/c1-5-3-6(4-12-9(5)11)7(13)8(14)10(15)16-2/h3-4,7-8,13-14H,1-2H3. The van der Waals surface area contributed by atoms with E-state index in [2.05, 4.69) is 9.72 Å². The first-order chi connectivity index (χ1) is 7.47. The number of halogens is 1. The SMILES string of the molecule is COC(=O)C(O)C(O)c1cnc(Cl)c(C)c1. The Morgan fingerprint density at radius 2 is 2.19 bits per heavy atom. The first-order valence-corrected chi connectivity index (χ1v) is 4.91. The van der Waals surface area contributed by atoms with Gasteiger partial charge in [-0.2, -0.15) is 0 Å². The van der Waals surface area contributed by atoms with Gasteiger partial charge in [0.2, 0.25) is 0 Å². The molecule has 0 aliphatic carbocycles. The lowest BCUT2D eigenvalue weighted by Crippen LogP contribution is -2.29. The summed E-state index contributed by atoms with van der Waals surface area (Å²) in [7, 11) is 1.13. The highest BCUT2D eigenvalue weighted by Gasteiger charge is 2.26. The largest absolute Gasteiger partial charge is 0.467 e. The molecule has 0 aliphatic heterocycles. The lowest BCUT2D eigenvalue weighted by molar-refractivity contribution is -0.156. The van der Waals surface area contributed by atoms with E-state index >= 15 is 0 Å². The zero-order valence-electron chi connectivity index (χ0n) is 8.85. The van der Waals surface area contributed by atoms with Crippen LogP contribution in [0.3, 0.4) is 0 Å². The third-order valence-corrected chi connectivity index (χ3v) is 2.51. The number of aromatic nitrogens is 1. The number of rotatable bonds is 3. The van der Waals surface area contributed by atoms with Crippen LogP contribution in [0.1, 0.15) is 17.2 Å². The summed E-state index contributed by atoms with van der Waals surface area (Å²) in [6.45, 7) is 1.70. The number of carbonyl (C=O) groups is 1. The van der Waals surface area contributed by atoms with Crippen molar-refractivity contribution in [1.82, 2.24) is 4.98 Å². The number of pyridine rings is 1. The van der Waals surface area contributed by atoms with Gasteiger partial charge in [0, 0.05) is 11.8 Å². The highest BCUT2D eigenvalue weighted by Crippen LogP contribution is 2.21. The number of esters is 1. The molecule has 0 spiro atoms. The van der Waals surface area contributed by atoms with E-state index in [1.165, 1.54) is 6.20 Å². The number of aliphatic hydroxyl groups excluding tert-OH is 2. The lowest BCUT2D eigenvalue weighted by Gasteiger charge is -2.16. The molecule has 2 unspecified atom stereocenters. The Bertz CT molecular complexity index is 396. The molecule has 5 nitrogen and oxygen atoms in total. The van der Waals surface area contributed by atoms with Crippen LogP contribution in [0, 0.1) is 6.92 Å². The maximum Gasteiger partial charge on any atom is 0.337 e. The second-order valence-electron chi connectivity index (χ2n) is 3.29. The van der Waals surface area contributed by atoms with Crippen LogP contribution in [0.2, 0.25) is 5.15 Å². The Balaban J connectivity index is 2.91. The van der Waals surface area contributed by atoms with Crippen molar-refractivity contribution in [3.63, 3.8) is 0 Å². The first-order valence-electron chi connectivity index (χ1n) is 4.53. The lowest BCUT2D eigenvalue weighted by atomic mass is 10.1. The maximum absolute atomic E-state index is 11.0. The number of hydrogen-bond acceptors (Lipinski definition) is 5. The summed E-state index contributed by atoms with van der Waals surface area (Å²) in [5, 5.41) is 19.4. The number of aryl methyl sites for hydroxylation is 1. The molecule has 2 atom stereocenters. The third-order valence-electron chi connectivity index (χ3n) is 2.12. The van der Waals surface area contributed by atoms with Crippen LogP contribution in [0.4, 0.5) is 0 Å². The van der Waals surface area contributed by atoms with Gasteiger partial charge in [0.05, 0.1) is 7.11 Å². The molecule has 6 heteroatoms. The summed E-state index contributed by atoms with van der Waals surface area (Å²) >= 11 is 5.71. The summed E-state index contributed by atoms with van der Waals surface area (Å²) in [4.78, 5) is 14.8. The normalized spacial score (nSPS) is 14.3. The maximum atomic E-state index is 11.0. The summed E-state index contributed by atoms with van der Waals surface area (Å²) in [6.07, 6.45) is -1.71. The van der Waals surface area contributed by atoms with Gasteiger partial charge in [-0.1, -0.05) is 11.6 Å². The van der Waals surface area contributed by atoms with E-state index in [0.717, 1.165) is 7.11 Å². The molecule has 1 rings (SSSR count). The van der Waals surface area contributed by atoms with Crippen LogP contribution >= 0.6 is 11.6 Å². The van der Waals surface area contributed by atoms with Crippen molar-refractivity contribution in [3.05, 3.63) is 28.5 Å². The molecule has 0 saturated carbocycles. The first kappa shape index (κ1) is 12.9. The van der Waals surface area contributed by atoms with E-state index in [4.69, 9.17) is 11.6 Å². The molecule has 0 saturated heterocycles. The third kappa shape index (κ3) is 2.69. The number of ether oxygens (including phenoxy) is 1. The molecule has 0 radical (unpaired) electrons. The summed E-state index contributed by atoms with van der Waals surface area (Å²) < 4.78 is 4.31. The Kier molecular flexibility index (Phi) is 4.23. The van der Waals surface area contributed by atoms with E-state index < -0.39 is 18.2 Å². The van der Waals surface area contributed by atoms with Gasteiger partial charge < -0.3 is 14.9 Å². The molecule has 88 valence electrons. The predicted molar refractivity (Wildman–Crippen MR) is 57.0 cm³/mol. The second kappa shape index (κ2) is 5.25. The van der Waals surface area contributed by atoms with Crippen molar-refractivity contribution in [3.8, 4) is 0 Å². The highest BCUT2D eigenvalue weighted by molar-refractivity contribution is 6.30. The fourth-order valence-corrected chi connectivity index (χ4v) is 1.28. The van der Waals surface area contributed by atoms with E-state index in [1.54, 1.807) is 13.0 Å². The monoisotopic (exact) mass is 245 g/mol. The summed E-state index contributed by atoms with van der Waals surface area (Å²) in [5.41, 5.74) is 0.954. The molecule has 16 heavy (non-hydrogen) atoms. The predicted octanol–water partition coefficient (Wildman–Crippen LogP) is 0.611. The van der Waals surface area contributed by atoms with Crippen LogP contribution in [-0.4, -0.2) is 34.4 Å². The van der Waals surface area contributed by atoms with E-state index in [9.17, 15) is 15.0 Å². The van der Waals surface area contributed by atoms with Crippen LogP contribution in [0.5, 0.6) is 0 Å². The van der Waals surface area contributed by atoms with E-state index in [0.29, 0.717) is 16.3 Å². The van der Waals surface area contributed by atoms with Crippen molar-refractivity contribution in [2.75, 3.05) is 7.11 Å². The zero-order chi connectivity index (χ0) is 12.3. The Morgan fingerprint density at radius 3 is 2.69 bits per heavy atom. The minimum Gasteiger partial charge on any atom is -0.467 e. The molecule has 2 N–H and O–H groups in total. The van der Waals surface area contributed by atoms with Crippen molar-refractivity contribution in [2.24, 2.45) is 0 Å². The van der Waals surface area contributed by atoms with E-state index in [1.807, 2.05) is 0 Å². The number of nitrogens with zero attached hydrogens (tertiary/aromatic N) is 1. The van der Waals surface area contributed by atoms with Crippen LogP contribution in [0.25, 0.3) is 0 Å². The molecule has 0 aliphatic rings. The summed E-state index contributed by atoms with van der Waals surface area (Å²) in [5.74, 6) is -0.903. The van der Waals surface area contributed by atoms with Crippen molar-refractivity contribution in [1.29, 1.82) is 0 Å². The average Bonchev–Trinajstić information content (AvgIpc) is 2.29. The van der Waals surface area contributed by atoms with Crippen molar-refractivity contribution in [2.45, 2.75) is 19.1 Å². The molecule has 1 aromatic rings. The molecular formula is C10H12ClNO4. The average molecular weight is 246 g/mol. The number of hydrogen-bond donors (Lipinski definition) is 2. The zero-order valence-corrected chi connectivity index (χ0v) is 9.60. The number of methoxy groups -OCH3 is 1. The van der Waals surface area contributed by atoms with Crippen LogP contribution in [-0.2, 0) is 9.53 Å². The Hall–Kier alpha value is -1.17. The van der Waals surface area contributed by atoms with Crippen LogP contribution in [0.15, 0.2) is 12.3 Å². The molecule has 1 heterocycles. The molecule has 0 bridgehead atoms. The topological polar surface area (TPSA) is 79.7 Å². The van der Waals surface area contributed by atoms with Gasteiger partial charge in [0.25, 0.3) is 0 Å². The van der Waals surface area contributed by atoms with Crippen molar-refractivity contribution >= 4 is 17.6 Å². The fourth-order valence-electron chi connectivity index (χ4n) is 1.17. The van der Waals surface area contributed by atoms with Gasteiger partial charge in [-0.3, -0.25) is 0 Å². The van der Waals surface area contributed by atoms with Gasteiger partial charge in [0.1, 0.15) is 11.3 Å². The van der Waals surface area contributed by atoms with E-state index in [-0.39, 0.29) is 0 Å². The van der Waals surface area contributed by atoms with Crippen molar-refractivity contribution < 1.29 is 19.7 Å². The van der Waals surface area contributed by atoms with Gasteiger partial charge in [-0.15, -0.1) is 0 Å².